The zero-order valence-electron chi connectivity index (χ0n) is 7.40. The number of hydrogen-bond acceptors (Lipinski definition) is 4. The SMILES string of the molecule is CC(C#N)S(=O)(=O)NC1CC(N)C1. The average Bonchev–Trinajstić information content (AvgIpc) is 1.99. The van der Waals surface area contributed by atoms with E-state index < -0.39 is 15.3 Å². The molecular weight excluding hydrogens is 190 g/mol. The van der Waals surface area contributed by atoms with Gasteiger partial charge in [-0.1, -0.05) is 0 Å². The van der Waals surface area contributed by atoms with E-state index in [1.807, 2.05) is 0 Å². The smallest absolute Gasteiger partial charge is 0.227 e. The van der Waals surface area contributed by atoms with Gasteiger partial charge in [0.2, 0.25) is 10.0 Å². The van der Waals surface area contributed by atoms with Crippen molar-refractivity contribution in [3.05, 3.63) is 0 Å². The van der Waals surface area contributed by atoms with Crippen molar-refractivity contribution in [2.75, 3.05) is 0 Å². The minimum Gasteiger partial charge on any atom is -0.328 e. The number of nitriles is 1. The molecule has 1 unspecified atom stereocenters. The van der Waals surface area contributed by atoms with Gasteiger partial charge < -0.3 is 5.73 Å². The summed E-state index contributed by atoms with van der Waals surface area (Å²) in [5.74, 6) is 0. The molecule has 0 aromatic rings. The van der Waals surface area contributed by atoms with Gasteiger partial charge in [0.25, 0.3) is 0 Å². The number of nitrogens with one attached hydrogen (secondary N) is 1. The average molecular weight is 203 g/mol. The highest BCUT2D eigenvalue weighted by Crippen LogP contribution is 2.18. The van der Waals surface area contributed by atoms with Crippen LogP contribution in [0.3, 0.4) is 0 Å². The van der Waals surface area contributed by atoms with Gasteiger partial charge in [0.05, 0.1) is 6.07 Å². The molecular formula is C7H13N3O2S. The summed E-state index contributed by atoms with van der Waals surface area (Å²) < 4.78 is 25.0. The van der Waals surface area contributed by atoms with Crippen LogP contribution >= 0.6 is 0 Å². The number of rotatable bonds is 3. The predicted octanol–water partition coefficient (Wildman–Crippen LogP) is -0.692. The van der Waals surface area contributed by atoms with Crippen molar-refractivity contribution in [2.24, 2.45) is 5.73 Å². The Kier molecular flexibility index (Phi) is 2.91. The van der Waals surface area contributed by atoms with Gasteiger partial charge in [-0.3, -0.25) is 0 Å². The molecule has 0 radical (unpaired) electrons. The van der Waals surface area contributed by atoms with E-state index in [2.05, 4.69) is 4.72 Å². The summed E-state index contributed by atoms with van der Waals surface area (Å²) in [5, 5.41) is 7.44. The Morgan fingerprint density at radius 3 is 2.54 bits per heavy atom. The van der Waals surface area contributed by atoms with Gasteiger partial charge in [-0.2, -0.15) is 5.26 Å². The van der Waals surface area contributed by atoms with E-state index >= 15 is 0 Å². The van der Waals surface area contributed by atoms with Crippen LogP contribution in [0.25, 0.3) is 0 Å². The van der Waals surface area contributed by atoms with E-state index in [0.717, 1.165) is 0 Å². The van der Waals surface area contributed by atoms with Crippen LogP contribution in [-0.2, 0) is 10.0 Å². The molecule has 0 spiro atoms. The van der Waals surface area contributed by atoms with Crippen LogP contribution < -0.4 is 10.5 Å². The third-order valence-electron chi connectivity index (χ3n) is 2.15. The molecule has 0 saturated heterocycles. The number of hydrogen-bond donors (Lipinski definition) is 2. The van der Waals surface area contributed by atoms with Gasteiger partial charge in [-0.05, 0) is 19.8 Å². The largest absolute Gasteiger partial charge is 0.328 e. The fourth-order valence-electron chi connectivity index (χ4n) is 1.16. The second kappa shape index (κ2) is 3.62. The summed E-state index contributed by atoms with van der Waals surface area (Å²) in [7, 11) is -3.46. The lowest BCUT2D eigenvalue weighted by atomic mass is 9.89. The second-order valence-electron chi connectivity index (χ2n) is 3.36. The highest BCUT2D eigenvalue weighted by molar-refractivity contribution is 7.90. The molecule has 1 saturated carbocycles. The topological polar surface area (TPSA) is 96.0 Å². The van der Waals surface area contributed by atoms with Gasteiger partial charge in [-0.15, -0.1) is 0 Å². The van der Waals surface area contributed by atoms with Crippen molar-refractivity contribution in [3.8, 4) is 6.07 Å². The van der Waals surface area contributed by atoms with Crippen LogP contribution in [0.1, 0.15) is 19.8 Å². The molecule has 1 aliphatic carbocycles. The van der Waals surface area contributed by atoms with Crippen molar-refractivity contribution in [3.63, 3.8) is 0 Å². The quantitative estimate of drug-likeness (QED) is 0.634. The first-order valence-corrected chi connectivity index (χ1v) is 5.66. The molecule has 74 valence electrons. The van der Waals surface area contributed by atoms with Crippen LogP contribution in [0.2, 0.25) is 0 Å². The number of nitrogens with two attached hydrogens (primary N) is 1. The minimum atomic E-state index is -3.46. The molecule has 0 bridgehead atoms. The Morgan fingerprint density at radius 2 is 2.15 bits per heavy atom. The summed E-state index contributed by atoms with van der Waals surface area (Å²) in [5.41, 5.74) is 5.50. The van der Waals surface area contributed by atoms with Crippen LogP contribution in [0.4, 0.5) is 0 Å². The van der Waals surface area contributed by atoms with Gasteiger partial charge >= 0.3 is 0 Å². The van der Waals surface area contributed by atoms with E-state index in [0.29, 0.717) is 12.8 Å². The maximum Gasteiger partial charge on any atom is 0.227 e. The van der Waals surface area contributed by atoms with Crippen molar-refractivity contribution in [2.45, 2.75) is 37.1 Å². The van der Waals surface area contributed by atoms with Crippen molar-refractivity contribution >= 4 is 10.0 Å². The van der Waals surface area contributed by atoms with E-state index in [4.69, 9.17) is 11.0 Å². The molecule has 0 aliphatic heterocycles. The molecule has 0 aromatic carbocycles. The first-order valence-electron chi connectivity index (χ1n) is 4.12. The van der Waals surface area contributed by atoms with Crippen molar-refractivity contribution in [1.82, 2.24) is 4.72 Å². The zero-order chi connectivity index (χ0) is 10.1. The van der Waals surface area contributed by atoms with Gasteiger partial charge in [0.1, 0.15) is 0 Å². The van der Waals surface area contributed by atoms with E-state index in [9.17, 15) is 8.42 Å². The van der Waals surface area contributed by atoms with E-state index in [-0.39, 0.29) is 12.1 Å². The van der Waals surface area contributed by atoms with E-state index in [1.54, 1.807) is 6.07 Å². The lowest BCUT2D eigenvalue weighted by Gasteiger charge is -2.32. The molecule has 0 amide bonds. The molecule has 1 atom stereocenters. The lowest BCUT2D eigenvalue weighted by Crippen LogP contribution is -2.51. The minimum absolute atomic E-state index is 0.0733. The Morgan fingerprint density at radius 1 is 1.62 bits per heavy atom. The van der Waals surface area contributed by atoms with Crippen LogP contribution in [-0.4, -0.2) is 25.8 Å². The van der Waals surface area contributed by atoms with Gasteiger partial charge in [-0.25, -0.2) is 13.1 Å². The predicted molar refractivity (Wildman–Crippen MR) is 48.1 cm³/mol. The molecule has 0 aromatic heterocycles. The Hall–Kier alpha value is -0.640. The molecule has 1 fully saturated rings. The standard InChI is InChI=1S/C7H13N3O2S/c1-5(4-8)13(11,12)10-7-2-6(9)3-7/h5-7,10H,2-3,9H2,1H3. The Bertz CT molecular complexity index is 313. The highest BCUT2D eigenvalue weighted by atomic mass is 32.2. The summed E-state index contributed by atoms with van der Waals surface area (Å²) >= 11 is 0. The fraction of sp³-hybridized carbons (Fsp3) is 0.857. The Balaban J connectivity index is 2.50. The Labute approximate surface area is 78.0 Å². The van der Waals surface area contributed by atoms with Gasteiger partial charge in [0, 0.05) is 12.1 Å². The number of nitrogens with zero attached hydrogens (tertiary/aromatic N) is 1. The first kappa shape index (κ1) is 10.4. The fourth-order valence-corrected chi connectivity index (χ4v) is 2.16. The van der Waals surface area contributed by atoms with Crippen molar-refractivity contribution in [1.29, 1.82) is 5.26 Å². The molecule has 1 aliphatic rings. The normalized spacial score (nSPS) is 30.2. The molecule has 6 heteroatoms. The number of sulfonamides is 1. The van der Waals surface area contributed by atoms with Crippen molar-refractivity contribution < 1.29 is 8.42 Å². The third kappa shape index (κ3) is 2.40. The maximum atomic E-state index is 11.3. The molecule has 1 rings (SSSR count). The molecule has 3 N–H and O–H groups in total. The summed E-state index contributed by atoms with van der Waals surface area (Å²) in [4.78, 5) is 0. The third-order valence-corrected chi connectivity index (χ3v) is 3.85. The van der Waals surface area contributed by atoms with Gasteiger partial charge in [0.15, 0.2) is 5.25 Å². The summed E-state index contributed by atoms with van der Waals surface area (Å²) in [6.45, 7) is 1.36. The molecule has 0 heterocycles. The molecule has 5 nitrogen and oxygen atoms in total. The zero-order valence-corrected chi connectivity index (χ0v) is 8.21. The highest BCUT2D eigenvalue weighted by Gasteiger charge is 2.31. The monoisotopic (exact) mass is 203 g/mol. The van der Waals surface area contributed by atoms with Crippen LogP contribution in [0, 0.1) is 11.3 Å². The lowest BCUT2D eigenvalue weighted by molar-refractivity contribution is 0.326. The molecule has 13 heavy (non-hydrogen) atoms. The van der Waals surface area contributed by atoms with Crippen LogP contribution in [0.15, 0.2) is 0 Å². The van der Waals surface area contributed by atoms with E-state index in [1.165, 1.54) is 6.92 Å². The van der Waals surface area contributed by atoms with Crippen LogP contribution in [0.5, 0.6) is 0 Å². The first-order chi connectivity index (χ1) is 5.95. The summed E-state index contributed by atoms with van der Waals surface area (Å²) in [6.07, 6.45) is 1.33. The second-order valence-corrected chi connectivity index (χ2v) is 5.40. The maximum absolute atomic E-state index is 11.3. The summed E-state index contributed by atoms with van der Waals surface area (Å²) in [6, 6.07) is 1.72.